The van der Waals surface area contributed by atoms with Crippen molar-refractivity contribution in [2.45, 2.75) is 19.9 Å². The van der Waals surface area contributed by atoms with Crippen molar-refractivity contribution in [3.05, 3.63) is 65.1 Å². The fourth-order valence-electron chi connectivity index (χ4n) is 3.00. The summed E-state index contributed by atoms with van der Waals surface area (Å²) < 4.78 is 20.4. The number of ether oxygens (including phenoxy) is 1. The van der Waals surface area contributed by atoms with Crippen molar-refractivity contribution in [2.24, 2.45) is 0 Å². The van der Waals surface area contributed by atoms with Crippen LogP contribution in [0.1, 0.15) is 16.8 Å². The van der Waals surface area contributed by atoms with Crippen LogP contribution in [-0.4, -0.2) is 17.6 Å². The van der Waals surface area contributed by atoms with Crippen LogP contribution in [0.4, 0.5) is 4.39 Å². The molecule has 1 heterocycles. The van der Waals surface area contributed by atoms with Crippen molar-refractivity contribution >= 4 is 16.9 Å². The van der Waals surface area contributed by atoms with Crippen LogP contribution in [0, 0.1) is 12.7 Å². The Morgan fingerprint density at radius 3 is 2.54 bits per heavy atom. The highest BCUT2D eigenvalue weighted by molar-refractivity contribution is 5.90. The van der Waals surface area contributed by atoms with Gasteiger partial charge in [0, 0.05) is 35.5 Å². The lowest BCUT2D eigenvalue weighted by molar-refractivity contribution is -0.304. The molecule has 0 aliphatic heterocycles. The van der Waals surface area contributed by atoms with Crippen LogP contribution < -0.4 is 9.84 Å². The van der Waals surface area contributed by atoms with Gasteiger partial charge in [-0.1, -0.05) is 12.1 Å². The highest BCUT2D eigenvalue weighted by Gasteiger charge is 2.15. The normalized spacial score (nSPS) is 11.0. The third kappa shape index (κ3) is 2.97. The van der Waals surface area contributed by atoms with Gasteiger partial charge in [-0.25, -0.2) is 4.39 Å². The highest BCUT2D eigenvalue weighted by Crippen LogP contribution is 2.30. The zero-order chi connectivity index (χ0) is 17.3. The second kappa shape index (κ2) is 6.35. The molecule has 5 heteroatoms. The van der Waals surface area contributed by atoms with Gasteiger partial charge in [-0.05, 0) is 48.4 Å². The van der Waals surface area contributed by atoms with E-state index in [1.165, 1.54) is 12.1 Å². The molecule has 24 heavy (non-hydrogen) atoms. The van der Waals surface area contributed by atoms with Gasteiger partial charge in [0.15, 0.2) is 0 Å². The van der Waals surface area contributed by atoms with Crippen molar-refractivity contribution in [1.82, 2.24) is 4.57 Å². The van der Waals surface area contributed by atoms with Crippen LogP contribution >= 0.6 is 0 Å². The zero-order valence-electron chi connectivity index (χ0n) is 13.5. The minimum Gasteiger partial charge on any atom is -0.550 e. The molecule has 0 unspecified atom stereocenters. The van der Waals surface area contributed by atoms with Gasteiger partial charge in [0.2, 0.25) is 0 Å². The van der Waals surface area contributed by atoms with E-state index >= 15 is 0 Å². The summed E-state index contributed by atoms with van der Waals surface area (Å²) in [6, 6.07) is 11.9. The number of aromatic nitrogens is 1. The Balaban J connectivity index is 2.14. The second-order valence-corrected chi connectivity index (χ2v) is 5.71. The molecule has 0 aliphatic rings. The molecule has 0 fully saturated rings. The molecule has 0 saturated heterocycles. The molecule has 0 bridgehead atoms. The Kier molecular flexibility index (Phi) is 4.25. The summed E-state index contributed by atoms with van der Waals surface area (Å²) in [5.74, 6) is -0.738. The molecule has 4 nitrogen and oxygen atoms in total. The van der Waals surface area contributed by atoms with Gasteiger partial charge in [-0.3, -0.25) is 0 Å². The van der Waals surface area contributed by atoms with Crippen molar-refractivity contribution in [3.8, 4) is 5.75 Å². The van der Waals surface area contributed by atoms with E-state index < -0.39 is 5.97 Å². The first-order valence-corrected chi connectivity index (χ1v) is 7.59. The van der Waals surface area contributed by atoms with Crippen molar-refractivity contribution in [1.29, 1.82) is 0 Å². The fraction of sp³-hybridized carbons (Fsp3) is 0.211. The number of halogens is 1. The third-order valence-electron chi connectivity index (χ3n) is 4.24. The smallest absolute Gasteiger partial charge is 0.123 e. The molecule has 0 spiro atoms. The first-order chi connectivity index (χ1) is 11.5. The van der Waals surface area contributed by atoms with Crippen LogP contribution in [0.2, 0.25) is 0 Å². The van der Waals surface area contributed by atoms with Crippen LogP contribution in [0.25, 0.3) is 10.9 Å². The first-order valence-electron chi connectivity index (χ1n) is 7.59. The number of carboxylic acids is 1. The number of nitrogens with zero attached hydrogens (tertiary/aromatic N) is 1. The molecule has 2 aromatic carbocycles. The predicted molar refractivity (Wildman–Crippen MR) is 87.4 cm³/mol. The number of carboxylic acid groups (broad SMARTS) is 1. The van der Waals surface area contributed by atoms with Gasteiger partial charge in [-0.2, -0.15) is 0 Å². The number of carbonyl (C=O) groups excluding carboxylic acids is 1. The largest absolute Gasteiger partial charge is 0.550 e. The number of fused-ring (bicyclic) bond motifs is 1. The summed E-state index contributed by atoms with van der Waals surface area (Å²) in [4.78, 5) is 11.1. The van der Waals surface area contributed by atoms with E-state index in [0.717, 1.165) is 22.2 Å². The van der Waals surface area contributed by atoms with Crippen molar-refractivity contribution < 1.29 is 19.0 Å². The summed E-state index contributed by atoms with van der Waals surface area (Å²) >= 11 is 0. The Hall–Kier alpha value is -2.82. The Morgan fingerprint density at radius 1 is 1.21 bits per heavy atom. The molecule has 124 valence electrons. The lowest BCUT2D eigenvalue weighted by Crippen LogP contribution is -2.24. The Bertz CT molecular complexity index is 897. The summed E-state index contributed by atoms with van der Waals surface area (Å²) in [7, 11) is 1.57. The monoisotopic (exact) mass is 326 g/mol. The number of hydrogen-bond acceptors (Lipinski definition) is 3. The summed E-state index contributed by atoms with van der Waals surface area (Å²) in [5, 5.41) is 12.0. The number of methoxy groups -OCH3 is 1. The van der Waals surface area contributed by atoms with E-state index in [1.807, 2.05) is 29.7 Å². The molecule has 0 amide bonds. The maximum atomic E-state index is 13.1. The van der Waals surface area contributed by atoms with Crippen LogP contribution in [0.5, 0.6) is 5.75 Å². The van der Waals surface area contributed by atoms with E-state index in [4.69, 9.17) is 4.74 Å². The molecule has 0 saturated carbocycles. The average Bonchev–Trinajstić information content (AvgIpc) is 2.81. The van der Waals surface area contributed by atoms with Crippen molar-refractivity contribution in [2.75, 3.05) is 7.11 Å². The van der Waals surface area contributed by atoms with Gasteiger partial charge in [0.25, 0.3) is 0 Å². The number of benzene rings is 2. The molecule has 0 radical (unpaired) electrons. The Morgan fingerprint density at radius 2 is 1.92 bits per heavy atom. The third-order valence-corrected chi connectivity index (χ3v) is 4.24. The summed E-state index contributed by atoms with van der Waals surface area (Å²) in [5.41, 5.74) is 3.42. The number of carbonyl (C=O) groups is 1. The molecule has 1 aromatic heterocycles. The maximum Gasteiger partial charge on any atom is 0.123 e. The molecular formula is C19H17FNO3-. The lowest BCUT2D eigenvalue weighted by atomic mass is 10.1. The van der Waals surface area contributed by atoms with Crippen LogP contribution in [0.15, 0.2) is 42.5 Å². The first kappa shape index (κ1) is 16.1. The van der Waals surface area contributed by atoms with Gasteiger partial charge in [0.05, 0.1) is 7.11 Å². The van der Waals surface area contributed by atoms with Gasteiger partial charge >= 0.3 is 0 Å². The molecule has 3 rings (SSSR count). The maximum absolute atomic E-state index is 13.1. The van der Waals surface area contributed by atoms with Crippen LogP contribution in [-0.2, 0) is 17.8 Å². The van der Waals surface area contributed by atoms with Gasteiger partial charge in [-0.15, -0.1) is 0 Å². The minimum atomic E-state index is -1.12. The fourth-order valence-corrected chi connectivity index (χ4v) is 3.00. The molecule has 0 atom stereocenters. The molecule has 0 N–H and O–H groups in total. The van der Waals surface area contributed by atoms with E-state index in [-0.39, 0.29) is 12.2 Å². The minimum absolute atomic E-state index is 0.161. The van der Waals surface area contributed by atoms with Gasteiger partial charge < -0.3 is 19.2 Å². The predicted octanol–water partition coefficient (Wildman–Crippen LogP) is 2.44. The topological polar surface area (TPSA) is 54.3 Å². The Labute approximate surface area is 139 Å². The van der Waals surface area contributed by atoms with E-state index in [0.29, 0.717) is 17.9 Å². The van der Waals surface area contributed by atoms with E-state index in [9.17, 15) is 14.3 Å². The van der Waals surface area contributed by atoms with Crippen LogP contribution in [0.3, 0.4) is 0 Å². The zero-order valence-corrected chi connectivity index (χ0v) is 13.5. The second-order valence-electron chi connectivity index (χ2n) is 5.71. The van der Waals surface area contributed by atoms with Gasteiger partial charge in [0.1, 0.15) is 11.6 Å². The standard InChI is InChI=1S/C19H18FNO3/c1-12-16(10-19(22)23)17-9-15(24-2)7-8-18(17)21(12)11-13-3-5-14(20)6-4-13/h3-9H,10-11H2,1-2H3,(H,22,23)/p-1. The molecule has 0 aliphatic carbocycles. The summed E-state index contributed by atoms with van der Waals surface area (Å²) in [6.07, 6.45) is -0.161. The molecular weight excluding hydrogens is 309 g/mol. The van der Waals surface area contributed by atoms with E-state index in [1.54, 1.807) is 19.2 Å². The van der Waals surface area contributed by atoms with E-state index in [2.05, 4.69) is 0 Å². The number of aliphatic carboxylic acids is 1. The number of hydrogen-bond donors (Lipinski definition) is 0. The average molecular weight is 326 g/mol. The lowest BCUT2D eigenvalue weighted by Gasteiger charge is -2.09. The SMILES string of the molecule is COc1ccc2c(c1)c(CC(=O)[O-])c(C)n2Cc1ccc(F)cc1. The summed E-state index contributed by atoms with van der Waals surface area (Å²) in [6.45, 7) is 2.41. The number of rotatable bonds is 5. The highest BCUT2D eigenvalue weighted by atomic mass is 19.1. The molecule has 3 aromatic rings. The van der Waals surface area contributed by atoms with Crippen molar-refractivity contribution in [3.63, 3.8) is 0 Å². The quantitative estimate of drug-likeness (QED) is 0.724.